The van der Waals surface area contributed by atoms with Gasteiger partial charge in [-0.15, -0.1) is 11.3 Å². The third kappa shape index (κ3) is 3.09. The van der Waals surface area contributed by atoms with Crippen LogP contribution in [0.4, 0.5) is 5.69 Å². The monoisotopic (exact) mass is 326 g/mol. The normalized spacial score (nSPS) is 11.1. The lowest BCUT2D eigenvalue weighted by Crippen LogP contribution is -2.30. The molecule has 0 aliphatic carbocycles. The first-order valence-corrected chi connectivity index (χ1v) is 8.04. The second-order valence-electron chi connectivity index (χ2n) is 4.09. The molecular formula is C12H10N2O5S2. The smallest absolute Gasteiger partial charge is 0.267 e. The van der Waals surface area contributed by atoms with Crippen LogP contribution in [-0.4, -0.2) is 19.2 Å². The number of carbonyl (C=O) groups excluding carboxylic acids is 1. The van der Waals surface area contributed by atoms with E-state index in [4.69, 9.17) is 0 Å². The summed E-state index contributed by atoms with van der Waals surface area (Å²) >= 11 is 1.09. The lowest BCUT2D eigenvalue weighted by molar-refractivity contribution is -0.387. The van der Waals surface area contributed by atoms with E-state index in [1.54, 1.807) is 18.4 Å². The Kier molecular flexibility index (Phi) is 4.05. The lowest BCUT2D eigenvalue weighted by atomic mass is 10.3. The zero-order valence-electron chi connectivity index (χ0n) is 10.8. The van der Waals surface area contributed by atoms with E-state index in [0.29, 0.717) is 5.56 Å². The van der Waals surface area contributed by atoms with Gasteiger partial charge in [-0.1, -0.05) is 12.1 Å². The van der Waals surface area contributed by atoms with Crippen LogP contribution in [0.25, 0.3) is 0 Å². The van der Waals surface area contributed by atoms with Gasteiger partial charge in [-0.2, -0.15) is 0 Å². The molecule has 110 valence electrons. The highest BCUT2D eigenvalue weighted by Gasteiger charge is 2.27. The molecule has 0 radical (unpaired) electrons. The molecule has 7 nitrogen and oxygen atoms in total. The number of amides is 1. The van der Waals surface area contributed by atoms with Crippen molar-refractivity contribution in [1.29, 1.82) is 0 Å². The number of aryl methyl sites for hydroxylation is 1. The van der Waals surface area contributed by atoms with E-state index in [1.807, 2.05) is 4.72 Å². The molecule has 1 N–H and O–H groups in total. The zero-order chi connectivity index (χ0) is 15.6. The molecule has 2 rings (SSSR count). The Bertz CT molecular complexity index is 811. The summed E-state index contributed by atoms with van der Waals surface area (Å²) in [4.78, 5) is 21.7. The molecule has 1 heterocycles. The molecule has 9 heteroatoms. The second-order valence-corrected chi connectivity index (χ2v) is 6.66. The molecule has 2 aromatic rings. The molecule has 0 fully saturated rings. The minimum absolute atomic E-state index is 0.247. The van der Waals surface area contributed by atoms with Crippen molar-refractivity contribution in [3.8, 4) is 0 Å². The molecule has 1 aromatic carbocycles. The number of hydrogen-bond donors (Lipinski definition) is 1. The molecule has 21 heavy (non-hydrogen) atoms. The first kappa shape index (κ1) is 15.1. The van der Waals surface area contributed by atoms with Crippen molar-refractivity contribution in [3.05, 3.63) is 56.3 Å². The SMILES string of the molecule is Cc1ccsc1C(=O)NS(=O)(=O)c1ccccc1[N+](=O)[O-]. The number of para-hydroxylation sites is 1. The van der Waals surface area contributed by atoms with Crippen LogP contribution in [0, 0.1) is 17.0 Å². The van der Waals surface area contributed by atoms with Crippen molar-refractivity contribution in [2.45, 2.75) is 11.8 Å². The van der Waals surface area contributed by atoms with Crippen LogP contribution < -0.4 is 4.72 Å². The fourth-order valence-electron chi connectivity index (χ4n) is 1.66. The van der Waals surface area contributed by atoms with Gasteiger partial charge in [0.25, 0.3) is 21.6 Å². The fraction of sp³-hybridized carbons (Fsp3) is 0.0833. The average molecular weight is 326 g/mol. The average Bonchev–Trinajstić information content (AvgIpc) is 2.84. The molecule has 1 aromatic heterocycles. The molecule has 0 aliphatic heterocycles. The molecule has 0 aliphatic rings. The summed E-state index contributed by atoms with van der Waals surface area (Å²) < 4.78 is 26.1. The predicted octanol–water partition coefficient (Wildman–Crippen LogP) is 2.08. The number of carbonyl (C=O) groups is 1. The van der Waals surface area contributed by atoms with Gasteiger partial charge < -0.3 is 0 Å². The molecule has 0 unspecified atom stereocenters. The summed E-state index contributed by atoms with van der Waals surface area (Å²) in [6.45, 7) is 1.67. The van der Waals surface area contributed by atoms with Gasteiger partial charge in [0.05, 0.1) is 9.80 Å². The van der Waals surface area contributed by atoms with Crippen LogP contribution in [0.1, 0.15) is 15.2 Å². The number of benzene rings is 1. The van der Waals surface area contributed by atoms with Crippen molar-refractivity contribution in [3.63, 3.8) is 0 Å². The van der Waals surface area contributed by atoms with Crippen molar-refractivity contribution < 1.29 is 18.1 Å². The van der Waals surface area contributed by atoms with E-state index < -0.39 is 31.4 Å². The number of hydrogen-bond acceptors (Lipinski definition) is 6. The topological polar surface area (TPSA) is 106 Å². The van der Waals surface area contributed by atoms with Crippen LogP contribution in [-0.2, 0) is 10.0 Å². The minimum Gasteiger partial charge on any atom is -0.267 e. The fourth-order valence-corrected chi connectivity index (χ4v) is 3.68. The van der Waals surface area contributed by atoms with Gasteiger partial charge in [0.15, 0.2) is 4.90 Å². The van der Waals surface area contributed by atoms with Crippen molar-refractivity contribution in [1.82, 2.24) is 4.72 Å². The lowest BCUT2D eigenvalue weighted by Gasteiger charge is -2.06. The summed E-state index contributed by atoms with van der Waals surface area (Å²) in [6.07, 6.45) is 0. The van der Waals surface area contributed by atoms with Gasteiger partial charge >= 0.3 is 0 Å². The van der Waals surface area contributed by atoms with E-state index in [0.717, 1.165) is 23.5 Å². The van der Waals surface area contributed by atoms with Crippen molar-refractivity contribution in [2.24, 2.45) is 0 Å². The van der Waals surface area contributed by atoms with E-state index in [1.165, 1.54) is 12.1 Å². The highest BCUT2D eigenvalue weighted by molar-refractivity contribution is 7.90. The highest BCUT2D eigenvalue weighted by Crippen LogP contribution is 2.23. The summed E-state index contributed by atoms with van der Waals surface area (Å²) in [6, 6.07) is 6.52. The third-order valence-corrected chi connectivity index (χ3v) is 5.04. The molecule has 0 spiro atoms. The standard InChI is InChI=1S/C12H10N2O5S2/c1-8-6-7-20-11(8)12(15)13-21(18,19)10-5-3-2-4-9(10)14(16)17/h2-7H,1H3,(H,13,15). The summed E-state index contributed by atoms with van der Waals surface area (Å²) in [5, 5.41) is 12.5. The maximum absolute atomic E-state index is 12.1. The maximum atomic E-state index is 12.1. The predicted molar refractivity (Wildman–Crippen MR) is 76.8 cm³/mol. The van der Waals surface area contributed by atoms with Crippen molar-refractivity contribution in [2.75, 3.05) is 0 Å². The number of nitro benzene ring substituents is 1. The zero-order valence-corrected chi connectivity index (χ0v) is 12.4. The number of thiophene rings is 1. The van der Waals surface area contributed by atoms with E-state index >= 15 is 0 Å². The quantitative estimate of drug-likeness (QED) is 0.684. The van der Waals surface area contributed by atoms with Gasteiger partial charge in [-0.05, 0) is 30.0 Å². The Morgan fingerprint density at radius 3 is 2.52 bits per heavy atom. The van der Waals surface area contributed by atoms with Gasteiger partial charge in [-0.25, -0.2) is 13.1 Å². The van der Waals surface area contributed by atoms with E-state index in [-0.39, 0.29) is 4.88 Å². The van der Waals surface area contributed by atoms with Gasteiger partial charge in [-0.3, -0.25) is 14.9 Å². The molecule has 0 bridgehead atoms. The van der Waals surface area contributed by atoms with Gasteiger partial charge in [0, 0.05) is 6.07 Å². The molecule has 1 amide bonds. The van der Waals surface area contributed by atoms with Crippen LogP contribution in [0.15, 0.2) is 40.6 Å². The Hall–Kier alpha value is -2.26. The summed E-state index contributed by atoms with van der Waals surface area (Å²) in [5.41, 5.74) is 0.0518. The first-order valence-electron chi connectivity index (χ1n) is 5.67. The molecule has 0 atom stereocenters. The Morgan fingerprint density at radius 2 is 1.95 bits per heavy atom. The Balaban J connectivity index is 2.38. The molecular weight excluding hydrogens is 316 g/mol. The van der Waals surface area contributed by atoms with Crippen LogP contribution in [0.5, 0.6) is 0 Å². The largest absolute Gasteiger partial charge is 0.289 e. The molecule has 0 saturated heterocycles. The number of nitrogens with zero attached hydrogens (tertiary/aromatic N) is 1. The minimum atomic E-state index is -4.31. The van der Waals surface area contributed by atoms with Crippen LogP contribution in [0.2, 0.25) is 0 Å². The first-order chi connectivity index (χ1) is 9.83. The third-order valence-electron chi connectivity index (χ3n) is 2.65. The van der Waals surface area contributed by atoms with Gasteiger partial charge in [0.1, 0.15) is 0 Å². The van der Waals surface area contributed by atoms with Crippen LogP contribution in [0.3, 0.4) is 0 Å². The Morgan fingerprint density at radius 1 is 1.29 bits per heavy atom. The maximum Gasteiger partial charge on any atom is 0.289 e. The summed E-state index contributed by atoms with van der Waals surface area (Å²) in [5.74, 6) is -0.805. The van der Waals surface area contributed by atoms with E-state index in [2.05, 4.69) is 0 Å². The number of sulfonamides is 1. The number of nitro groups is 1. The number of nitrogens with one attached hydrogen (secondary N) is 1. The Labute approximate surface area is 124 Å². The van der Waals surface area contributed by atoms with Crippen LogP contribution >= 0.6 is 11.3 Å². The summed E-state index contributed by atoms with van der Waals surface area (Å²) in [7, 11) is -4.31. The van der Waals surface area contributed by atoms with E-state index in [9.17, 15) is 23.3 Å². The number of rotatable bonds is 4. The second kappa shape index (κ2) is 5.62. The van der Waals surface area contributed by atoms with Crippen molar-refractivity contribution >= 4 is 33.0 Å². The molecule has 0 saturated carbocycles. The van der Waals surface area contributed by atoms with Gasteiger partial charge in [0.2, 0.25) is 0 Å². The highest BCUT2D eigenvalue weighted by atomic mass is 32.2.